The third kappa shape index (κ3) is 2.39. The molecule has 1 heterocycles. The summed E-state index contributed by atoms with van der Waals surface area (Å²) in [5.41, 5.74) is 7.77. The minimum absolute atomic E-state index is 0.193. The van der Waals surface area contributed by atoms with Crippen molar-refractivity contribution in [2.24, 2.45) is 5.73 Å². The molecule has 1 atom stereocenters. The number of aromatic nitrogens is 2. The maximum absolute atomic E-state index is 9.26. The lowest BCUT2D eigenvalue weighted by Gasteiger charge is -2.05. The van der Waals surface area contributed by atoms with Crippen LogP contribution in [-0.4, -0.2) is 15.2 Å². The summed E-state index contributed by atoms with van der Waals surface area (Å²) in [7, 11) is 0. The Kier molecular flexibility index (Phi) is 3.18. The van der Waals surface area contributed by atoms with Gasteiger partial charge >= 0.3 is 0 Å². The average molecular weight is 267 g/mol. The molecule has 0 amide bonds. The molecule has 0 fully saturated rings. The summed E-state index contributed by atoms with van der Waals surface area (Å²) in [5, 5.41) is 13.2. The minimum atomic E-state index is -0.449. The Bertz CT molecular complexity index is 693. The molecule has 0 spiro atoms. The van der Waals surface area contributed by atoms with Crippen LogP contribution in [0.4, 0.5) is 0 Å². The van der Waals surface area contributed by atoms with E-state index in [0.717, 1.165) is 11.1 Å². The lowest BCUT2D eigenvalue weighted by molar-refractivity contribution is 0.367. The van der Waals surface area contributed by atoms with Crippen LogP contribution in [0.2, 0.25) is 0 Å². The van der Waals surface area contributed by atoms with E-state index in [1.165, 1.54) is 0 Å². The minimum Gasteiger partial charge on any atom is -0.508 e. The van der Waals surface area contributed by atoms with Gasteiger partial charge in [0.2, 0.25) is 11.7 Å². The monoisotopic (exact) mass is 267 g/mol. The van der Waals surface area contributed by atoms with E-state index in [1.807, 2.05) is 30.3 Å². The number of nitrogens with two attached hydrogens (primary N) is 1. The Balaban J connectivity index is 1.89. The van der Waals surface area contributed by atoms with Crippen molar-refractivity contribution in [3.8, 4) is 17.1 Å². The number of hydrogen-bond acceptors (Lipinski definition) is 5. The molecule has 5 nitrogen and oxygen atoms in total. The van der Waals surface area contributed by atoms with E-state index >= 15 is 0 Å². The van der Waals surface area contributed by atoms with Gasteiger partial charge in [0.1, 0.15) is 11.8 Å². The summed E-state index contributed by atoms with van der Waals surface area (Å²) in [4.78, 5) is 4.30. The van der Waals surface area contributed by atoms with Crippen molar-refractivity contribution in [2.75, 3.05) is 0 Å². The van der Waals surface area contributed by atoms with Gasteiger partial charge in [-0.25, -0.2) is 0 Å². The second kappa shape index (κ2) is 5.14. The van der Waals surface area contributed by atoms with Crippen molar-refractivity contribution in [1.29, 1.82) is 0 Å². The zero-order valence-corrected chi connectivity index (χ0v) is 10.6. The summed E-state index contributed by atoms with van der Waals surface area (Å²) < 4.78 is 5.22. The fraction of sp³-hybridized carbons (Fsp3) is 0.0667. The van der Waals surface area contributed by atoms with Crippen molar-refractivity contribution in [3.63, 3.8) is 0 Å². The van der Waals surface area contributed by atoms with Crippen molar-refractivity contribution in [1.82, 2.24) is 10.1 Å². The maximum atomic E-state index is 9.26. The van der Waals surface area contributed by atoms with E-state index < -0.39 is 6.04 Å². The van der Waals surface area contributed by atoms with Gasteiger partial charge in [0, 0.05) is 5.56 Å². The number of nitrogens with zero attached hydrogens (tertiary/aromatic N) is 2. The van der Waals surface area contributed by atoms with E-state index in [9.17, 15) is 5.11 Å². The highest BCUT2D eigenvalue weighted by Gasteiger charge is 2.17. The molecule has 2 aromatic carbocycles. The van der Waals surface area contributed by atoms with E-state index in [4.69, 9.17) is 10.3 Å². The van der Waals surface area contributed by atoms with Crippen LogP contribution in [0.5, 0.6) is 5.75 Å². The standard InChI is InChI=1S/C15H13N3O2/c16-13(10-4-2-1-3-5-10)15-17-14(18-20-15)11-6-8-12(19)9-7-11/h1-9,13,19H,16H2/t13-/m1/s1. The highest BCUT2D eigenvalue weighted by Crippen LogP contribution is 2.22. The molecule has 0 saturated carbocycles. The third-order valence-corrected chi connectivity index (χ3v) is 2.99. The van der Waals surface area contributed by atoms with Crippen molar-refractivity contribution in [3.05, 3.63) is 66.1 Å². The van der Waals surface area contributed by atoms with Crippen LogP contribution in [0.1, 0.15) is 17.5 Å². The van der Waals surface area contributed by atoms with Gasteiger partial charge in [-0.3, -0.25) is 0 Å². The molecule has 100 valence electrons. The first-order valence-electron chi connectivity index (χ1n) is 6.17. The SMILES string of the molecule is N[C@H](c1ccccc1)c1nc(-c2ccc(O)cc2)no1. The Hall–Kier alpha value is -2.66. The Labute approximate surface area is 115 Å². The molecule has 1 aromatic heterocycles. The summed E-state index contributed by atoms with van der Waals surface area (Å²) in [6.07, 6.45) is 0. The number of benzene rings is 2. The van der Waals surface area contributed by atoms with Gasteiger partial charge in [0.25, 0.3) is 0 Å². The number of rotatable bonds is 3. The molecule has 3 rings (SSSR count). The molecule has 0 saturated heterocycles. The van der Waals surface area contributed by atoms with Crippen LogP contribution in [-0.2, 0) is 0 Å². The zero-order valence-electron chi connectivity index (χ0n) is 10.6. The fourth-order valence-corrected chi connectivity index (χ4v) is 1.89. The molecule has 0 unspecified atom stereocenters. The number of hydrogen-bond donors (Lipinski definition) is 2. The van der Waals surface area contributed by atoms with Gasteiger partial charge in [-0.1, -0.05) is 35.5 Å². The van der Waals surface area contributed by atoms with Gasteiger partial charge in [0.05, 0.1) is 0 Å². The molecular formula is C15H13N3O2. The van der Waals surface area contributed by atoms with Gasteiger partial charge in [-0.15, -0.1) is 0 Å². The van der Waals surface area contributed by atoms with Crippen LogP contribution < -0.4 is 5.73 Å². The second-order valence-corrected chi connectivity index (χ2v) is 4.39. The van der Waals surface area contributed by atoms with Crippen molar-refractivity contribution < 1.29 is 9.63 Å². The van der Waals surface area contributed by atoms with E-state index in [0.29, 0.717) is 11.7 Å². The van der Waals surface area contributed by atoms with E-state index in [1.54, 1.807) is 24.3 Å². The van der Waals surface area contributed by atoms with E-state index in [2.05, 4.69) is 10.1 Å². The quantitative estimate of drug-likeness (QED) is 0.761. The van der Waals surface area contributed by atoms with Crippen molar-refractivity contribution >= 4 is 0 Å². The van der Waals surface area contributed by atoms with Crippen molar-refractivity contribution in [2.45, 2.75) is 6.04 Å². The van der Waals surface area contributed by atoms with Crippen LogP contribution in [0, 0.1) is 0 Å². The summed E-state index contributed by atoms with van der Waals surface area (Å²) in [6, 6.07) is 15.7. The normalized spacial score (nSPS) is 12.2. The molecule has 0 radical (unpaired) electrons. The molecule has 0 aliphatic carbocycles. The summed E-state index contributed by atoms with van der Waals surface area (Å²) in [6.45, 7) is 0. The van der Waals surface area contributed by atoms with E-state index in [-0.39, 0.29) is 5.75 Å². The number of phenolic OH excluding ortho intramolecular Hbond substituents is 1. The number of phenols is 1. The largest absolute Gasteiger partial charge is 0.508 e. The van der Waals surface area contributed by atoms with Gasteiger partial charge in [-0.05, 0) is 29.8 Å². The van der Waals surface area contributed by atoms with Gasteiger partial charge < -0.3 is 15.4 Å². The molecule has 5 heteroatoms. The first-order valence-corrected chi connectivity index (χ1v) is 6.17. The Morgan fingerprint density at radius 2 is 1.70 bits per heavy atom. The molecule has 0 aliphatic rings. The summed E-state index contributed by atoms with van der Waals surface area (Å²) >= 11 is 0. The summed E-state index contributed by atoms with van der Waals surface area (Å²) in [5.74, 6) is 1.00. The molecular weight excluding hydrogens is 254 g/mol. The third-order valence-electron chi connectivity index (χ3n) is 2.99. The van der Waals surface area contributed by atoms with Gasteiger partial charge in [0.15, 0.2) is 0 Å². The van der Waals surface area contributed by atoms with Crippen LogP contribution in [0.15, 0.2) is 59.1 Å². The molecule has 3 aromatic rings. The fourth-order valence-electron chi connectivity index (χ4n) is 1.89. The zero-order chi connectivity index (χ0) is 13.9. The molecule has 0 aliphatic heterocycles. The highest BCUT2D eigenvalue weighted by atomic mass is 16.5. The smallest absolute Gasteiger partial charge is 0.248 e. The van der Waals surface area contributed by atoms with Gasteiger partial charge in [-0.2, -0.15) is 4.98 Å². The van der Waals surface area contributed by atoms with Crippen LogP contribution in [0.3, 0.4) is 0 Å². The Morgan fingerprint density at radius 3 is 2.40 bits per heavy atom. The first kappa shape index (κ1) is 12.4. The lowest BCUT2D eigenvalue weighted by atomic mass is 10.1. The van der Waals surface area contributed by atoms with Crippen LogP contribution >= 0.6 is 0 Å². The maximum Gasteiger partial charge on any atom is 0.248 e. The highest BCUT2D eigenvalue weighted by molar-refractivity contribution is 5.55. The Morgan fingerprint density at radius 1 is 1.00 bits per heavy atom. The molecule has 20 heavy (non-hydrogen) atoms. The lowest BCUT2D eigenvalue weighted by Crippen LogP contribution is -2.11. The number of aromatic hydroxyl groups is 1. The predicted octanol–water partition coefficient (Wildman–Crippen LogP) is 2.49. The second-order valence-electron chi connectivity index (χ2n) is 4.39. The molecule has 3 N–H and O–H groups in total. The first-order chi connectivity index (χ1) is 9.74. The average Bonchev–Trinajstić information content (AvgIpc) is 2.98. The molecule has 0 bridgehead atoms. The van der Waals surface area contributed by atoms with Crippen LogP contribution in [0.25, 0.3) is 11.4 Å². The predicted molar refractivity (Wildman–Crippen MR) is 73.9 cm³/mol. The topological polar surface area (TPSA) is 85.2 Å².